The zero-order valence-electron chi connectivity index (χ0n) is 15.1. The van der Waals surface area contributed by atoms with E-state index in [1.54, 1.807) is 24.5 Å². The summed E-state index contributed by atoms with van der Waals surface area (Å²) in [5, 5.41) is 14.4. The van der Waals surface area contributed by atoms with Gasteiger partial charge in [0, 0.05) is 33.6 Å². The average molecular weight is 442 g/mol. The Bertz CT molecular complexity index is 1230. The Morgan fingerprint density at radius 3 is 2.57 bits per heavy atom. The van der Waals surface area contributed by atoms with Crippen molar-refractivity contribution in [3.8, 4) is 11.3 Å². The molecule has 2 aromatic carbocycles. The van der Waals surface area contributed by atoms with Crippen LogP contribution in [0.25, 0.3) is 16.8 Å². The molecule has 0 unspecified atom stereocenters. The molecule has 0 aliphatic heterocycles. The first-order valence-electron chi connectivity index (χ1n) is 8.70. The predicted octanol–water partition coefficient (Wildman–Crippen LogP) is 3.91. The molecule has 4 aromatic rings. The number of aliphatic hydroxyl groups is 1. The number of nitrogens with zero attached hydrogens (tertiary/aromatic N) is 3. The molecule has 0 radical (unpaired) electrons. The van der Waals surface area contributed by atoms with Crippen molar-refractivity contribution in [3.05, 3.63) is 92.2 Å². The topological polar surface area (TPSA) is 59.5 Å². The number of rotatable bonds is 4. The van der Waals surface area contributed by atoms with E-state index in [-0.39, 0.29) is 24.2 Å². The van der Waals surface area contributed by atoms with E-state index in [0.717, 1.165) is 11.1 Å². The standard InChI is InChI=1S/C21H17BrFN3O2/c1-13-2-4-14(5-3-13)19-17(12-27)20-21(28)25(8-9-26(20)24-19)11-15-6-7-16(22)10-18(15)23/h2-10,27H,11-12H2,1H3. The van der Waals surface area contributed by atoms with Crippen LogP contribution in [0.2, 0.25) is 0 Å². The molecule has 7 heteroatoms. The van der Waals surface area contributed by atoms with Gasteiger partial charge in [-0.25, -0.2) is 8.91 Å². The van der Waals surface area contributed by atoms with Gasteiger partial charge in [0.25, 0.3) is 5.56 Å². The minimum Gasteiger partial charge on any atom is -0.392 e. The van der Waals surface area contributed by atoms with Gasteiger partial charge >= 0.3 is 0 Å². The highest BCUT2D eigenvalue weighted by molar-refractivity contribution is 9.10. The third kappa shape index (κ3) is 3.27. The second-order valence-corrected chi connectivity index (χ2v) is 7.53. The fourth-order valence-corrected chi connectivity index (χ4v) is 3.54. The molecule has 2 aromatic heterocycles. The number of benzene rings is 2. The van der Waals surface area contributed by atoms with Gasteiger partial charge in [-0.2, -0.15) is 5.10 Å². The van der Waals surface area contributed by atoms with Crippen LogP contribution in [0.4, 0.5) is 4.39 Å². The lowest BCUT2D eigenvalue weighted by molar-refractivity contribution is 0.283. The molecule has 0 spiro atoms. The van der Waals surface area contributed by atoms with Crippen LogP contribution in [0.5, 0.6) is 0 Å². The third-order valence-corrected chi connectivity index (χ3v) is 5.19. The molecular weight excluding hydrogens is 425 g/mol. The van der Waals surface area contributed by atoms with Crippen LogP contribution in [-0.2, 0) is 13.2 Å². The molecule has 142 valence electrons. The first-order chi connectivity index (χ1) is 13.5. The van der Waals surface area contributed by atoms with Gasteiger partial charge in [0.2, 0.25) is 0 Å². The summed E-state index contributed by atoms with van der Waals surface area (Å²) in [6.07, 6.45) is 3.22. The predicted molar refractivity (Wildman–Crippen MR) is 109 cm³/mol. The van der Waals surface area contributed by atoms with Crippen LogP contribution in [0.3, 0.4) is 0 Å². The number of aryl methyl sites for hydroxylation is 1. The normalized spacial score (nSPS) is 11.3. The Balaban J connectivity index is 1.84. The number of fused-ring (bicyclic) bond motifs is 1. The molecule has 0 saturated heterocycles. The molecule has 0 saturated carbocycles. The van der Waals surface area contributed by atoms with E-state index >= 15 is 0 Å². The van der Waals surface area contributed by atoms with Crippen molar-refractivity contribution >= 4 is 21.4 Å². The monoisotopic (exact) mass is 441 g/mol. The van der Waals surface area contributed by atoms with Crippen LogP contribution in [0, 0.1) is 12.7 Å². The van der Waals surface area contributed by atoms with Crippen molar-refractivity contribution in [2.45, 2.75) is 20.1 Å². The maximum absolute atomic E-state index is 14.2. The molecule has 0 fully saturated rings. The fourth-order valence-electron chi connectivity index (χ4n) is 3.20. The van der Waals surface area contributed by atoms with E-state index in [4.69, 9.17) is 0 Å². The number of aromatic nitrogens is 3. The lowest BCUT2D eigenvalue weighted by Crippen LogP contribution is -2.23. The van der Waals surface area contributed by atoms with Crippen molar-refractivity contribution in [1.29, 1.82) is 0 Å². The third-order valence-electron chi connectivity index (χ3n) is 4.70. The minimum atomic E-state index is -0.391. The van der Waals surface area contributed by atoms with Gasteiger partial charge in [-0.05, 0) is 19.1 Å². The van der Waals surface area contributed by atoms with Gasteiger partial charge in [-0.3, -0.25) is 4.79 Å². The highest BCUT2D eigenvalue weighted by Crippen LogP contribution is 2.25. The highest BCUT2D eigenvalue weighted by atomic mass is 79.9. The lowest BCUT2D eigenvalue weighted by Gasteiger charge is -2.08. The number of halogens is 2. The van der Waals surface area contributed by atoms with Crippen molar-refractivity contribution in [3.63, 3.8) is 0 Å². The summed E-state index contributed by atoms with van der Waals surface area (Å²) in [5.41, 5.74) is 3.31. The molecule has 0 amide bonds. The molecule has 1 N–H and O–H groups in total. The summed E-state index contributed by atoms with van der Waals surface area (Å²) in [4.78, 5) is 13.0. The Kier molecular flexibility index (Phi) is 4.87. The van der Waals surface area contributed by atoms with E-state index in [1.807, 2.05) is 31.2 Å². The maximum atomic E-state index is 14.2. The number of hydrogen-bond acceptors (Lipinski definition) is 3. The largest absolute Gasteiger partial charge is 0.392 e. The quantitative estimate of drug-likeness (QED) is 0.522. The van der Waals surface area contributed by atoms with Gasteiger partial charge in [-0.15, -0.1) is 0 Å². The van der Waals surface area contributed by atoms with Gasteiger partial charge < -0.3 is 9.67 Å². The van der Waals surface area contributed by atoms with Gasteiger partial charge in [0.1, 0.15) is 11.3 Å². The van der Waals surface area contributed by atoms with Crippen LogP contribution in [0.15, 0.2) is 64.1 Å². The molecule has 0 aliphatic rings. The Hall–Kier alpha value is -2.77. The zero-order chi connectivity index (χ0) is 19.8. The van der Waals surface area contributed by atoms with Crippen molar-refractivity contribution in [1.82, 2.24) is 14.2 Å². The molecule has 0 atom stereocenters. The van der Waals surface area contributed by atoms with E-state index in [0.29, 0.717) is 21.3 Å². The van der Waals surface area contributed by atoms with Crippen LogP contribution in [0.1, 0.15) is 16.7 Å². The second kappa shape index (κ2) is 7.33. The first kappa shape index (κ1) is 18.6. The summed E-state index contributed by atoms with van der Waals surface area (Å²) >= 11 is 3.23. The van der Waals surface area contributed by atoms with Gasteiger partial charge in [0.15, 0.2) is 0 Å². The van der Waals surface area contributed by atoms with E-state index in [1.165, 1.54) is 15.1 Å². The van der Waals surface area contributed by atoms with Crippen molar-refractivity contribution in [2.75, 3.05) is 0 Å². The fraction of sp³-hybridized carbons (Fsp3) is 0.143. The first-order valence-corrected chi connectivity index (χ1v) is 9.49. The van der Waals surface area contributed by atoms with Crippen molar-refractivity contribution < 1.29 is 9.50 Å². The van der Waals surface area contributed by atoms with Crippen LogP contribution < -0.4 is 5.56 Å². The Labute approximate surface area is 168 Å². The zero-order valence-corrected chi connectivity index (χ0v) is 16.6. The van der Waals surface area contributed by atoms with Crippen LogP contribution in [-0.4, -0.2) is 19.3 Å². The van der Waals surface area contributed by atoms with E-state index < -0.39 is 5.82 Å². The SMILES string of the molecule is Cc1ccc(-c2nn3ccn(Cc4ccc(Br)cc4F)c(=O)c3c2CO)cc1. The maximum Gasteiger partial charge on any atom is 0.277 e. The van der Waals surface area contributed by atoms with E-state index in [2.05, 4.69) is 21.0 Å². The smallest absolute Gasteiger partial charge is 0.277 e. The van der Waals surface area contributed by atoms with Gasteiger partial charge in [-0.1, -0.05) is 51.8 Å². The van der Waals surface area contributed by atoms with E-state index in [9.17, 15) is 14.3 Å². The molecule has 0 bridgehead atoms. The summed E-state index contributed by atoms with van der Waals surface area (Å²) in [7, 11) is 0. The van der Waals surface area contributed by atoms with Crippen LogP contribution >= 0.6 is 15.9 Å². The number of aliphatic hydroxyl groups excluding tert-OH is 1. The minimum absolute atomic E-state index is 0.0877. The lowest BCUT2D eigenvalue weighted by atomic mass is 10.1. The van der Waals surface area contributed by atoms with Gasteiger partial charge in [0.05, 0.1) is 18.8 Å². The molecule has 4 rings (SSSR count). The molecule has 2 heterocycles. The average Bonchev–Trinajstić information content (AvgIpc) is 3.06. The Morgan fingerprint density at radius 1 is 1.14 bits per heavy atom. The summed E-state index contributed by atoms with van der Waals surface area (Å²) < 4.78 is 17.7. The molecule has 5 nitrogen and oxygen atoms in total. The Morgan fingerprint density at radius 2 is 1.89 bits per heavy atom. The highest BCUT2D eigenvalue weighted by Gasteiger charge is 2.18. The molecule has 0 aliphatic carbocycles. The molecule has 28 heavy (non-hydrogen) atoms. The summed E-state index contributed by atoms with van der Waals surface area (Å²) in [5.74, 6) is -0.391. The number of hydrogen-bond donors (Lipinski definition) is 1. The van der Waals surface area contributed by atoms with Crippen molar-refractivity contribution in [2.24, 2.45) is 0 Å². The molecular formula is C21H17BrFN3O2. The summed E-state index contributed by atoms with van der Waals surface area (Å²) in [6, 6.07) is 12.5. The summed E-state index contributed by atoms with van der Waals surface area (Å²) in [6.45, 7) is 1.75. The second-order valence-electron chi connectivity index (χ2n) is 6.61.